The molecule has 0 bridgehead atoms. The predicted octanol–water partition coefficient (Wildman–Crippen LogP) is 3.61. The summed E-state index contributed by atoms with van der Waals surface area (Å²) >= 11 is 0. The van der Waals surface area contributed by atoms with Gasteiger partial charge in [0.05, 0.1) is 10.8 Å². The Morgan fingerprint density at radius 2 is 1.87 bits per heavy atom. The number of H-pyrrole nitrogens is 1. The molecule has 0 aliphatic carbocycles. The van der Waals surface area contributed by atoms with E-state index < -0.39 is 5.41 Å². The van der Waals surface area contributed by atoms with Crippen molar-refractivity contribution in [3.05, 3.63) is 84.3 Å². The molecule has 2 amide bonds. The number of hydrogen-bond acceptors (Lipinski definition) is 6. The van der Waals surface area contributed by atoms with Gasteiger partial charge in [-0.15, -0.1) is 0 Å². The third-order valence-corrected chi connectivity index (χ3v) is 7.22. The SMILES string of the molecule is CC(=O)NCCN(c1cccc(C(=O)N2CCC(C=O)(c3ccccc3)CC2)c1)c1ncnc2[nH]ccc12. The molecule has 1 fully saturated rings. The van der Waals surface area contributed by atoms with Crippen molar-refractivity contribution in [3.8, 4) is 0 Å². The van der Waals surface area contributed by atoms with Crippen LogP contribution >= 0.6 is 0 Å². The summed E-state index contributed by atoms with van der Waals surface area (Å²) in [5.74, 6) is 0.494. The van der Waals surface area contributed by atoms with E-state index in [-0.39, 0.29) is 11.8 Å². The molecule has 1 aliphatic rings. The number of carbonyl (C=O) groups is 3. The molecule has 2 aromatic carbocycles. The molecule has 0 saturated carbocycles. The molecule has 3 heterocycles. The molecular formula is C29H30N6O3. The second kappa shape index (κ2) is 10.8. The van der Waals surface area contributed by atoms with Gasteiger partial charge in [0.25, 0.3) is 5.91 Å². The summed E-state index contributed by atoms with van der Waals surface area (Å²) in [6.45, 7) is 3.34. The first kappa shape index (κ1) is 25.1. The number of rotatable bonds is 8. The summed E-state index contributed by atoms with van der Waals surface area (Å²) in [5.41, 5.74) is 2.49. The van der Waals surface area contributed by atoms with Gasteiger partial charge in [0.15, 0.2) is 0 Å². The normalized spacial score (nSPS) is 14.7. The van der Waals surface area contributed by atoms with Crippen LogP contribution in [0.5, 0.6) is 0 Å². The van der Waals surface area contributed by atoms with Crippen LogP contribution in [0.15, 0.2) is 73.2 Å². The van der Waals surface area contributed by atoms with Gasteiger partial charge in [0.2, 0.25) is 5.91 Å². The van der Waals surface area contributed by atoms with Crippen LogP contribution in [0.2, 0.25) is 0 Å². The summed E-state index contributed by atoms with van der Waals surface area (Å²) in [4.78, 5) is 52.9. The van der Waals surface area contributed by atoms with Crippen molar-refractivity contribution in [3.63, 3.8) is 0 Å². The van der Waals surface area contributed by atoms with Crippen molar-refractivity contribution in [1.29, 1.82) is 0 Å². The number of nitrogens with zero attached hydrogens (tertiary/aromatic N) is 4. The van der Waals surface area contributed by atoms with Crippen LogP contribution in [-0.2, 0) is 15.0 Å². The van der Waals surface area contributed by atoms with Gasteiger partial charge in [-0.1, -0.05) is 36.4 Å². The highest BCUT2D eigenvalue weighted by Gasteiger charge is 2.37. The fourth-order valence-electron chi connectivity index (χ4n) is 5.12. The van der Waals surface area contributed by atoms with Gasteiger partial charge in [-0.25, -0.2) is 9.97 Å². The number of anilines is 2. The minimum atomic E-state index is -0.560. The maximum absolute atomic E-state index is 13.6. The Morgan fingerprint density at radius 3 is 2.61 bits per heavy atom. The fraction of sp³-hybridized carbons (Fsp3) is 0.276. The lowest BCUT2D eigenvalue weighted by Crippen LogP contribution is -2.46. The highest BCUT2D eigenvalue weighted by Crippen LogP contribution is 2.35. The highest BCUT2D eigenvalue weighted by atomic mass is 16.2. The molecule has 4 aromatic rings. The van der Waals surface area contributed by atoms with Crippen molar-refractivity contribution in [2.45, 2.75) is 25.2 Å². The van der Waals surface area contributed by atoms with Gasteiger partial charge < -0.3 is 24.9 Å². The van der Waals surface area contributed by atoms with Crippen molar-refractivity contribution in [1.82, 2.24) is 25.2 Å². The average Bonchev–Trinajstić information content (AvgIpc) is 3.45. The summed E-state index contributed by atoms with van der Waals surface area (Å²) in [6, 6.07) is 19.2. The zero-order valence-electron chi connectivity index (χ0n) is 21.3. The van der Waals surface area contributed by atoms with E-state index >= 15 is 0 Å². The Hall–Kier alpha value is -4.53. The molecule has 9 heteroatoms. The van der Waals surface area contributed by atoms with Crippen molar-refractivity contribution in [2.75, 3.05) is 31.1 Å². The third-order valence-electron chi connectivity index (χ3n) is 7.22. The lowest BCUT2D eigenvalue weighted by molar-refractivity contribution is -0.119. The van der Waals surface area contributed by atoms with E-state index in [0.29, 0.717) is 56.0 Å². The van der Waals surface area contributed by atoms with Gasteiger partial charge in [-0.05, 0) is 42.7 Å². The predicted molar refractivity (Wildman–Crippen MR) is 145 cm³/mol. The highest BCUT2D eigenvalue weighted by molar-refractivity contribution is 5.96. The molecule has 194 valence electrons. The first-order valence-electron chi connectivity index (χ1n) is 12.7. The first-order valence-corrected chi connectivity index (χ1v) is 12.7. The lowest BCUT2D eigenvalue weighted by Gasteiger charge is -2.38. The maximum atomic E-state index is 13.6. The van der Waals surface area contributed by atoms with Crippen LogP contribution in [0.4, 0.5) is 11.5 Å². The first-order chi connectivity index (χ1) is 18.5. The summed E-state index contributed by atoms with van der Waals surface area (Å²) < 4.78 is 0. The van der Waals surface area contributed by atoms with Crippen LogP contribution in [0.25, 0.3) is 11.0 Å². The van der Waals surface area contributed by atoms with E-state index in [1.54, 1.807) is 6.20 Å². The Bertz CT molecular complexity index is 1440. The number of carbonyl (C=O) groups excluding carboxylic acids is 3. The molecule has 1 aliphatic heterocycles. The number of aldehydes is 1. The number of amides is 2. The summed E-state index contributed by atoms with van der Waals surface area (Å²) in [5, 5.41) is 3.68. The van der Waals surface area contributed by atoms with E-state index in [4.69, 9.17) is 0 Å². The number of aromatic amines is 1. The van der Waals surface area contributed by atoms with Gasteiger partial charge in [-0.2, -0.15) is 0 Å². The minimum absolute atomic E-state index is 0.0734. The number of nitrogens with one attached hydrogen (secondary N) is 2. The molecule has 38 heavy (non-hydrogen) atoms. The summed E-state index contributed by atoms with van der Waals surface area (Å²) in [7, 11) is 0. The largest absolute Gasteiger partial charge is 0.355 e. The maximum Gasteiger partial charge on any atom is 0.253 e. The molecule has 0 spiro atoms. The molecule has 0 atom stereocenters. The standard InChI is InChI=1S/C29H30N6O3/c1-21(37)30-14-17-35(27-25-10-13-31-26(25)32-20-33-27)24-9-5-6-22(18-24)28(38)34-15-11-29(19-36,12-16-34)23-7-3-2-4-8-23/h2-10,13,18-20H,11-12,14-17H2,1H3,(H,30,37)(H,31,32,33). The number of benzene rings is 2. The smallest absolute Gasteiger partial charge is 0.253 e. The average molecular weight is 511 g/mol. The number of fused-ring (bicyclic) bond motifs is 1. The van der Waals surface area contributed by atoms with Crippen LogP contribution in [-0.4, -0.2) is 64.1 Å². The molecule has 2 aromatic heterocycles. The zero-order valence-corrected chi connectivity index (χ0v) is 21.3. The molecule has 2 N–H and O–H groups in total. The lowest BCUT2D eigenvalue weighted by atomic mass is 9.74. The van der Waals surface area contributed by atoms with Gasteiger partial charge >= 0.3 is 0 Å². The number of hydrogen-bond donors (Lipinski definition) is 2. The molecular weight excluding hydrogens is 480 g/mol. The van der Waals surface area contributed by atoms with E-state index in [2.05, 4.69) is 20.3 Å². The fourth-order valence-corrected chi connectivity index (χ4v) is 5.12. The molecule has 9 nitrogen and oxygen atoms in total. The minimum Gasteiger partial charge on any atom is -0.355 e. The number of aromatic nitrogens is 3. The van der Waals surface area contributed by atoms with Crippen LogP contribution in [0.3, 0.4) is 0 Å². The van der Waals surface area contributed by atoms with Crippen LogP contribution < -0.4 is 10.2 Å². The van der Waals surface area contributed by atoms with E-state index in [1.807, 2.05) is 70.5 Å². The molecule has 0 unspecified atom stereocenters. The van der Waals surface area contributed by atoms with E-state index in [0.717, 1.165) is 22.9 Å². The van der Waals surface area contributed by atoms with Crippen LogP contribution in [0.1, 0.15) is 35.7 Å². The van der Waals surface area contributed by atoms with Gasteiger partial charge in [-0.3, -0.25) is 9.59 Å². The summed E-state index contributed by atoms with van der Waals surface area (Å²) in [6.07, 6.45) is 5.51. The quantitative estimate of drug-likeness (QED) is 0.351. The zero-order chi connectivity index (χ0) is 26.5. The Morgan fingerprint density at radius 1 is 1.08 bits per heavy atom. The van der Waals surface area contributed by atoms with Crippen LogP contribution in [0, 0.1) is 0 Å². The Balaban J connectivity index is 1.39. The van der Waals surface area contributed by atoms with Gasteiger partial charge in [0, 0.05) is 50.6 Å². The topological polar surface area (TPSA) is 111 Å². The monoisotopic (exact) mass is 510 g/mol. The van der Waals surface area contributed by atoms with Crippen molar-refractivity contribution < 1.29 is 14.4 Å². The molecule has 0 radical (unpaired) electrons. The van der Waals surface area contributed by atoms with E-state index in [9.17, 15) is 14.4 Å². The molecule has 1 saturated heterocycles. The van der Waals surface area contributed by atoms with Gasteiger partial charge in [0.1, 0.15) is 24.1 Å². The van der Waals surface area contributed by atoms with E-state index in [1.165, 1.54) is 13.3 Å². The van der Waals surface area contributed by atoms with Crippen molar-refractivity contribution >= 4 is 40.6 Å². The second-order valence-electron chi connectivity index (χ2n) is 9.55. The number of likely N-dealkylation sites (tertiary alicyclic amines) is 1. The Labute approximate surface area is 220 Å². The molecule has 5 rings (SSSR count). The van der Waals surface area contributed by atoms with Crippen molar-refractivity contribution in [2.24, 2.45) is 0 Å². The third kappa shape index (κ3) is 5.00. The second-order valence-corrected chi connectivity index (χ2v) is 9.55. The number of piperidine rings is 1. The Kier molecular flexibility index (Phi) is 7.17.